The van der Waals surface area contributed by atoms with Crippen molar-refractivity contribution in [2.75, 3.05) is 7.05 Å². The van der Waals surface area contributed by atoms with Gasteiger partial charge >= 0.3 is 0 Å². The van der Waals surface area contributed by atoms with Crippen LogP contribution in [0.3, 0.4) is 0 Å². The molecule has 0 amide bonds. The second-order valence-electron chi connectivity index (χ2n) is 7.02. The Morgan fingerprint density at radius 2 is 1.88 bits per heavy atom. The Balaban J connectivity index is 1.53. The number of benzene rings is 2. The summed E-state index contributed by atoms with van der Waals surface area (Å²) in [5.74, 6) is 0. The quantitative estimate of drug-likeness (QED) is 0.777. The van der Waals surface area contributed by atoms with Gasteiger partial charge in [-0.3, -0.25) is 4.90 Å². The lowest BCUT2D eigenvalue weighted by molar-refractivity contribution is 0.253. The fourth-order valence-corrected chi connectivity index (χ4v) is 4.16. The molecule has 0 N–H and O–H groups in total. The van der Waals surface area contributed by atoms with Crippen molar-refractivity contribution in [1.29, 1.82) is 5.26 Å². The smallest absolute Gasteiger partial charge is 0.0998 e. The predicted octanol–water partition coefficient (Wildman–Crippen LogP) is 4.56. The largest absolute Gasteiger partial charge is 0.297 e. The maximum atomic E-state index is 9.27. The normalized spacial score (nSPS) is 22.9. The molecule has 120 valence electrons. The zero-order valence-electron chi connectivity index (χ0n) is 14.1. The average molecular weight is 314 g/mol. The van der Waals surface area contributed by atoms with Crippen molar-refractivity contribution in [2.24, 2.45) is 0 Å². The van der Waals surface area contributed by atoms with Crippen molar-refractivity contribution in [3.63, 3.8) is 0 Å². The van der Waals surface area contributed by atoms with Crippen LogP contribution in [0.25, 0.3) is 11.1 Å². The highest BCUT2D eigenvalue weighted by molar-refractivity contribution is 5.70. The van der Waals surface area contributed by atoms with Gasteiger partial charge in [-0.05, 0) is 55.5 Å². The van der Waals surface area contributed by atoms with Gasteiger partial charge in [-0.25, -0.2) is 0 Å². The zero-order chi connectivity index (χ0) is 16.5. The maximum Gasteiger partial charge on any atom is 0.0998 e. The minimum absolute atomic E-state index is 0.653. The third-order valence-electron chi connectivity index (χ3n) is 5.56. The summed E-state index contributed by atoms with van der Waals surface area (Å²) in [7, 11) is 2.26. The van der Waals surface area contributed by atoms with Crippen molar-refractivity contribution in [3.05, 3.63) is 71.3 Å². The lowest BCUT2D eigenvalue weighted by Crippen LogP contribution is -2.35. The molecule has 2 atom stereocenters. The lowest BCUT2D eigenvalue weighted by Gasteiger charge is -2.30. The Morgan fingerprint density at radius 3 is 2.62 bits per heavy atom. The zero-order valence-corrected chi connectivity index (χ0v) is 14.1. The molecule has 1 saturated heterocycles. The van der Waals surface area contributed by atoms with Gasteiger partial charge in [0.25, 0.3) is 0 Å². The van der Waals surface area contributed by atoms with E-state index in [-0.39, 0.29) is 0 Å². The highest BCUT2D eigenvalue weighted by atomic mass is 15.2. The van der Waals surface area contributed by atoms with E-state index in [1.807, 2.05) is 24.3 Å². The van der Waals surface area contributed by atoms with Crippen LogP contribution in [0.1, 0.15) is 30.4 Å². The molecule has 2 aliphatic heterocycles. The molecule has 0 saturated carbocycles. The number of rotatable bonds is 3. The first kappa shape index (κ1) is 15.2. The Labute approximate surface area is 144 Å². The molecule has 2 nitrogen and oxygen atoms in total. The number of hydrogen-bond acceptors (Lipinski definition) is 2. The second-order valence-corrected chi connectivity index (χ2v) is 7.02. The van der Waals surface area contributed by atoms with Crippen LogP contribution in [0.2, 0.25) is 0 Å². The Bertz CT molecular complexity index is 811. The summed E-state index contributed by atoms with van der Waals surface area (Å²) in [4.78, 5) is 2.53. The molecule has 2 unspecified atom stereocenters. The van der Waals surface area contributed by atoms with Crippen LogP contribution in [0.4, 0.5) is 0 Å². The minimum atomic E-state index is 0.653. The number of likely N-dealkylation sites (N-methyl/N-ethyl adjacent to an activating group) is 1. The van der Waals surface area contributed by atoms with E-state index in [1.54, 1.807) is 5.57 Å². The van der Waals surface area contributed by atoms with Crippen LogP contribution in [-0.4, -0.2) is 24.0 Å². The summed E-state index contributed by atoms with van der Waals surface area (Å²) >= 11 is 0. The van der Waals surface area contributed by atoms with Crippen LogP contribution in [0.5, 0.6) is 0 Å². The number of fused-ring (bicyclic) bond motifs is 2. The van der Waals surface area contributed by atoms with Gasteiger partial charge in [-0.15, -0.1) is 0 Å². The SMILES string of the molecule is CN1C2C=C(Cc3ccc(-c4ccccc4C#N)cc3)CC1CC2. The van der Waals surface area contributed by atoms with E-state index in [1.165, 1.54) is 24.8 Å². The molecule has 0 aromatic heterocycles. The first-order valence-corrected chi connectivity index (χ1v) is 8.74. The van der Waals surface area contributed by atoms with E-state index in [0.29, 0.717) is 6.04 Å². The molecule has 1 fully saturated rings. The molecular formula is C22H22N2. The molecular weight excluding hydrogens is 292 g/mol. The topological polar surface area (TPSA) is 27.0 Å². The molecule has 2 aromatic carbocycles. The standard InChI is InChI=1S/C22H22N2/c1-24-20-10-11-21(24)14-17(13-20)12-16-6-8-18(9-7-16)22-5-3-2-4-19(22)15-23/h2-9,13,20-21H,10-12,14H2,1H3. The summed E-state index contributed by atoms with van der Waals surface area (Å²) in [6, 6.07) is 20.2. The van der Waals surface area contributed by atoms with Crippen LogP contribution >= 0.6 is 0 Å². The van der Waals surface area contributed by atoms with E-state index in [4.69, 9.17) is 0 Å². The second kappa shape index (κ2) is 6.26. The number of hydrogen-bond donors (Lipinski definition) is 0. The average Bonchev–Trinajstić information content (AvgIpc) is 2.84. The molecule has 24 heavy (non-hydrogen) atoms. The molecule has 2 heteroatoms. The summed E-state index contributed by atoms with van der Waals surface area (Å²) in [6.07, 6.45) is 7.41. The molecule has 2 aromatic rings. The van der Waals surface area contributed by atoms with Crippen LogP contribution < -0.4 is 0 Å². The molecule has 0 spiro atoms. The van der Waals surface area contributed by atoms with Gasteiger partial charge in [0.05, 0.1) is 11.6 Å². The van der Waals surface area contributed by atoms with Crippen molar-refractivity contribution in [1.82, 2.24) is 4.90 Å². The van der Waals surface area contributed by atoms with Crippen molar-refractivity contribution >= 4 is 0 Å². The van der Waals surface area contributed by atoms with Gasteiger partial charge in [0, 0.05) is 12.1 Å². The van der Waals surface area contributed by atoms with E-state index >= 15 is 0 Å². The van der Waals surface area contributed by atoms with E-state index < -0.39 is 0 Å². The van der Waals surface area contributed by atoms with Gasteiger partial charge in [0.15, 0.2) is 0 Å². The monoisotopic (exact) mass is 314 g/mol. The van der Waals surface area contributed by atoms with Gasteiger partial charge in [0.1, 0.15) is 0 Å². The van der Waals surface area contributed by atoms with Crippen LogP contribution in [-0.2, 0) is 6.42 Å². The fraction of sp³-hybridized carbons (Fsp3) is 0.318. The Kier molecular flexibility index (Phi) is 3.96. The molecule has 0 aliphatic carbocycles. The Morgan fingerprint density at radius 1 is 1.08 bits per heavy atom. The van der Waals surface area contributed by atoms with E-state index in [2.05, 4.69) is 48.4 Å². The minimum Gasteiger partial charge on any atom is -0.297 e. The number of nitriles is 1. The fourth-order valence-electron chi connectivity index (χ4n) is 4.16. The maximum absolute atomic E-state index is 9.27. The molecule has 0 radical (unpaired) electrons. The van der Waals surface area contributed by atoms with Crippen molar-refractivity contribution < 1.29 is 0 Å². The first-order valence-electron chi connectivity index (χ1n) is 8.74. The van der Waals surface area contributed by atoms with Gasteiger partial charge < -0.3 is 0 Å². The third-order valence-corrected chi connectivity index (χ3v) is 5.56. The van der Waals surface area contributed by atoms with Gasteiger partial charge in [-0.2, -0.15) is 5.26 Å². The Hall–Kier alpha value is -2.37. The van der Waals surface area contributed by atoms with Gasteiger partial charge in [-0.1, -0.05) is 54.1 Å². The summed E-state index contributed by atoms with van der Waals surface area (Å²) in [5, 5.41) is 9.27. The van der Waals surface area contributed by atoms with Crippen molar-refractivity contribution in [3.8, 4) is 17.2 Å². The van der Waals surface area contributed by atoms with Crippen molar-refractivity contribution in [2.45, 2.75) is 37.8 Å². The summed E-state index contributed by atoms with van der Waals surface area (Å²) in [5.41, 5.74) is 5.82. The molecule has 2 aliphatic rings. The van der Waals surface area contributed by atoms with E-state index in [9.17, 15) is 5.26 Å². The lowest BCUT2D eigenvalue weighted by atomic mass is 9.94. The summed E-state index contributed by atoms with van der Waals surface area (Å²) < 4.78 is 0. The summed E-state index contributed by atoms with van der Waals surface area (Å²) in [6.45, 7) is 0. The van der Waals surface area contributed by atoms with Gasteiger partial charge in [0.2, 0.25) is 0 Å². The first-order chi connectivity index (χ1) is 11.7. The van der Waals surface area contributed by atoms with Crippen LogP contribution in [0.15, 0.2) is 60.2 Å². The molecule has 2 heterocycles. The molecule has 2 bridgehead atoms. The third kappa shape index (κ3) is 2.77. The predicted molar refractivity (Wildman–Crippen MR) is 97.6 cm³/mol. The molecule has 4 rings (SSSR count). The highest BCUT2D eigenvalue weighted by Gasteiger charge is 2.33. The van der Waals surface area contributed by atoms with E-state index in [0.717, 1.165) is 29.2 Å². The van der Waals surface area contributed by atoms with Crippen LogP contribution in [0, 0.1) is 11.3 Å². The number of nitrogens with zero attached hydrogens (tertiary/aromatic N) is 2. The highest BCUT2D eigenvalue weighted by Crippen LogP contribution is 2.34.